The van der Waals surface area contributed by atoms with E-state index in [-0.39, 0.29) is 24.0 Å². The molecule has 2 N–H and O–H groups in total. The summed E-state index contributed by atoms with van der Waals surface area (Å²) in [5.74, 6) is 3.47. The Hall–Kier alpha value is -0.670. The summed E-state index contributed by atoms with van der Waals surface area (Å²) in [6.45, 7) is 3.98. The van der Waals surface area contributed by atoms with Crippen LogP contribution < -0.4 is 10.1 Å². The number of aliphatic hydroxyl groups is 1. The van der Waals surface area contributed by atoms with Crippen LogP contribution in [-0.4, -0.2) is 60.3 Å². The number of nitrogens with zero attached hydrogens (tertiary/aromatic N) is 2. The Morgan fingerprint density at radius 2 is 2.21 bits per heavy atom. The van der Waals surface area contributed by atoms with E-state index in [2.05, 4.69) is 21.3 Å². The first-order valence-corrected chi connectivity index (χ1v) is 9.15. The molecule has 0 aliphatic carbocycles. The molecule has 5 nitrogen and oxygen atoms in total. The molecule has 7 heteroatoms. The number of para-hydroxylation sites is 1. The lowest BCUT2D eigenvalue weighted by Crippen LogP contribution is -2.41. The van der Waals surface area contributed by atoms with Crippen LogP contribution in [0.5, 0.6) is 5.75 Å². The van der Waals surface area contributed by atoms with Gasteiger partial charge in [-0.2, -0.15) is 11.8 Å². The van der Waals surface area contributed by atoms with Crippen LogP contribution in [0.3, 0.4) is 0 Å². The summed E-state index contributed by atoms with van der Waals surface area (Å²) in [7, 11) is 3.69. The molecule has 136 valence electrons. The molecule has 1 atom stereocenters. The van der Waals surface area contributed by atoms with E-state index in [4.69, 9.17) is 4.74 Å². The molecule has 0 amide bonds. The standard InChI is InChI=1S/C17H27N3O2S.HI/c1-4-18-16(19-12-17(21)9-10-23-13-17)20(2)11-14-7-5-6-8-15(14)22-3;/h5-8,21H,4,9-13H2,1-3H3,(H,18,19);1H. The van der Waals surface area contributed by atoms with Gasteiger partial charge < -0.3 is 20.1 Å². The molecule has 1 unspecified atom stereocenters. The van der Waals surface area contributed by atoms with Gasteiger partial charge in [0.05, 0.1) is 19.3 Å². The zero-order valence-corrected chi connectivity index (χ0v) is 17.8. The second-order valence-electron chi connectivity index (χ2n) is 5.87. The van der Waals surface area contributed by atoms with Crippen molar-refractivity contribution >= 4 is 41.7 Å². The number of ether oxygens (including phenoxy) is 1. The number of thioether (sulfide) groups is 1. The summed E-state index contributed by atoms with van der Waals surface area (Å²) in [6, 6.07) is 7.99. The van der Waals surface area contributed by atoms with Crippen LogP contribution in [0.4, 0.5) is 0 Å². The zero-order valence-electron chi connectivity index (χ0n) is 14.6. The maximum Gasteiger partial charge on any atom is 0.194 e. The van der Waals surface area contributed by atoms with Crippen LogP contribution in [0.15, 0.2) is 29.3 Å². The van der Waals surface area contributed by atoms with Gasteiger partial charge in [-0.25, -0.2) is 0 Å². The summed E-state index contributed by atoms with van der Waals surface area (Å²) in [6.07, 6.45) is 0.816. The largest absolute Gasteiger partial charge is 0.496 e. The number of rotatable bonds is 6. The minimum atomic E-state index is -0.656. The molecule has 0 spiro atoms. The van der Waals surface area contributed by atoms with Gasteiger partial charge in [0.25, 0.3) is 0 Å². The third-order valence-electron chi connectivity index (χ3n) is 3.90. The molecule has 1 aliphatic heterocycles. The first kappa shape index (κ1) is 21.4. The van der Waals surface area contributed by atoms with Crippen molar-refractivity contribution in [3.8, 4) is 5.75 Å². The Balaban J connectivity index is 0.00000288. The number of aliphatic imine (C=N–C) groups is 1. The van der Waals surface area contributed by atoms with Crippen molar-refractivity contribution in [2.75, 3.05) is 38.8 Å². The second-order valence-corrected chi connectivity index (χ2v) is 6.97. The molecular weight excluding hydrogens is 437 g/mol. The van der Waals surface area contributed by atoms with Gasteiger partial charge in [0, 0.05) is 31.5 Å². The highest BCUT2D eigenvalue weighted by atomic mass is 127. The SMILES string of the molecule is CCNC(=NCC1(O)CCSC1)N(C)Cc1ccccc1OC.I. The lowest BCUT2D eigenvalue weighted by atomic mass is 10.0. The number of methoxy groups -OCH3 is 1. The lowest BCUT2D eigenvalue weighted by Gasteiger charge is -2.25. The molecule has 1 fully saturated rings. The average Bonchev–Trinajstić information content (AvgIpc) is 2.99. The van der Waals surface area contributed by atoms with Crippen LogP contribution in [0, 0.1) is 0 Å². The quantitative estimate of drug-likeness (QED) is 0.384. The van der Waals surface area contributed by atoms with E-state index < -0.39 is 5.60 Å². The summed E-state index contributed by atoms with van der Waals surface area (Å²) in [5, 5.41) is 13.8. The van der Waals surface area contributed by atoms with E-state index in [1.165, 1.54) is 0 Å². The van der Waals surface area contributed by atoms with Gasteiger partial charge in [0.15, 0.2) is 5.96 Å². The minimum Gasteiger partial charge on any atom is -0.496 e. The van der Waals surface area contributed by atoms with Crippen molar-refractivity contribution in [3.63, 3.8) is 0 Å². The predicted octanol–water partition coefficient (Wildman–Crippen LogP) is 2.58. The fourth-order valence-corrected chi connectivity index (χ4v) is 3.86. The summed E-state index contributed by atoms with van der Waals surface area (Å²) in [4.78, 5) is 6.71. The molecular formula is C17H28IN3O2S. The van der Waals surface area contributed by atoms with E-state index in [9.17, 15) is 5.11 Å². The van der Waals surface area contributed by atoms with Gasteiger partial charge in [-0.05, 0) is 25.2 Å². The minimum absolute atomic E-state index is 0. The average molecular weight is 465 g/mol. The van der Waals surface area contributed by atoms with Crippen molar-refractivity contribution < 1.29 is 9.84 Å². The van der Waals surface area contributed by atoms with Crippen LogP contribution in [0.2, 0.25) is 0 Å². The van der Waals surface area contributed by atoms with Gasteiger partial charge in [0.2, 0.25) is 0 Å². The van der Waals surface area contributed by atoms with Gasteiger partial charge in [-0.15, -0.1) is 24.0 Å². The Labute approximate surface area is 166 Å². The number of halogens is 1. The number of guanidine groups is 1. The molecule has 0 bridgehead atoms. The van der Waals surface area contributed by atoms with Crippen LogP contribution in [0.1, 0.15) is 18.9 Å². The first-order chi connectivity index (χ1) is 11.1. The van der Waals surface area contributed by atoms with Crippen molar-refractivity contribution in [1.29, 1.82) is 0 Å². The number of nitrogens with one attached hydrogen (secondary N) is 1. The topological polar surface area (TPSA) is 57.1 Å². The third-order valence-corrected chi connectivity index (χ3v) is 5.14. The first-order valence-electron chi connectivity index (χ1n) is 7.99. The van der Waals surface area contributed by atoms with Crippen LogP contribution in [-0.2, 0) is 6.54 Å². The Morgan fingerprint density at radius 3 is 2.83 bits per heavy atom. The zero-order chi connectivity index (χ0) is 16.7. The monoisotopic (exact) mass is 465 g/mol. The predicted molar refractivity (Wildman–Crippen MR) is 113 cm³/mol. The normalized spacial score (nSPS) is 20.4. The molecule has 0 aromatic heterocycles. The van der Waals surface area contributed by atoms with Gasteiger partial charge in [0.1, 0.15) is 5.75 Å². The molecule has 24 heavy (non-hydrogen) atoms. The molecule has 0 saturated carbocycles. The summed E-state index contributed by atoms with van der Waals surface area (Å²) >= 11 is 1.79. The highest BCUT2D eigenvalue weighted by Gasteiger charge is 2.31. The Morgan fingerprint density at radius 1 is 1.46 bits per heavy atom. The van der Waals surface area contributed by atoms with E-state index in [0.29, 0.717) is 13.1 Å². The van der Waals surface area contributed by atoms with E-state index in [0.717, 1.165) is 41.7 Å². The third kappa shape index (κ3) is 6.00. The van der Waals surface area contributed by atoms with Crippen molar-refractivity contribution in [1.82, 2.24) is 10.2 Å². The summed E-state index contributed by atoms with van der Waals surface area (Å²) in [5.41, 5.74) is 0.453. The van der Waals surface area contributed by atoms with E-state index >= 15 is 0 Å². The van der Waals surface area contributed by atoms with Crippen molar-refractivity contribution in [3.05, 3.63) is 29.8 Å². The molecule has 1 aromatic carbocycles. The fourth-order valence-electron chi connectivity index (χ4n) is 2.58. The van der Waals surface area contributed by atoms with Gasteiger partial charge in [-0.1, -0.05) is 18.2 Å². The summed E-state index contributed by atoms with van der Waals surface area (Å²) < 4.78 is 5.41. The molecule has 1 aliphatic rings. The van der Waals surface area contributed by atoms with E-state index in [1.807, 2.05) is 32.2 Å². The Kier molecular flexibility index (Phi) is 9.22. The van der Waals surface area contributed by atoms with Crippen molar-refractivity contribution in [2.24, 2.45) is 4.99 Å². The number of hydrogen-bond acceptors (Lipinski definition) is 4. The molecule has 2 rings (SSSR count). The Bertz CT molecular complexity index is 536. The number of hydrogen-bond donors (Lipinski definition) is 2. The maximum atomic E-state index is 10.5. The number of benzene rings is 1. The molecule has 0 radical (unpaired) electrons. The van der Waals surface area contributed by atoms with Crippen molar-refractivity contribution in [2.45, 2.75) is 25.5 Å². The van der Waals surface area contributed by atoms with Gasteiger partial charge in [-0.3, -0.25) is 4.99 Å². The second kappa shape index (κ2) is 10.4. The van der Waals surface area contributed by atoms with Crippen LogP contribution in [0.25, 0.3) is 0 Å². The lowest BCUT2D eigenvalue weighted by molar-refractivity contribution is 0.0776. The smallest absolute Gasteiger partial charge is 0.194 e. The van der Waals surface area contributed by atoms with Crippen LogP contribution >= 0.6 is 35.7 Å². The highest BCUT2D eigenvalue weighted by molar-refractivity contribution is 14.0. The van der Waals surface area contributed by atoms with Gasteiger partial charge >= 0.3 is 0 Å². The molecule has 1 aromatic rings. The molecule has 1 heterocycles. The highest BCUT2D eigenvalue weighted by Crippen LogP contribution is 2.28. The van der Waals surface area contributed by atoms with E-state index in [1.54, 1.807) is 18.9 Å². The maximum absolute atomic E-state index is 10.5. The fraction of sp³-hybridized carbons (Fsp3) is 0.588. The molecule has 1 saturated heterocycles.